The smallest absolute Gasteiger partial charge is 0.0699 e. The Morgan fingerprint density at radius 2 is 1.91 bits per heavy atom. The molecule has 2 N–H and O–H groups in total. The molecule has 0 aromatic heterocycles. The van der Waals surface area contributed by atoms with Crippen LogP contribution >= 0.6 is 0 Å². The number of carbonyl (C=O) groups excluding carboxylic acids is 1. The van der Waals surface area contributed by atoms with Crippen molar-refractivity contribution in [3.05, 3.63) is 35.9 Å². The van der Waals surface area contributed by atoms with Gasteiger partial charge in [-0.05, 0) is 5.56 Å². The summed E-state index contributed by atoms with van der Waals surface area (Å²) in [6.07, 6.45) is 0. The Kier molecular flexibility index (Phi) is 2.23. The molecule has 0 fully saturated rings. The minimum atomic E-state index is -1.25. The Morgan fingerprint density at radius 3 is 2.36 bits per heavy atom. The quantitative estimate of drug-likeness (QED) is 0.614. The highest BCUT2D eigenvalue weighted by Crippen LogP contribution is 2.07. The van der Waals surface area contributed by atoms with Crippen molar-refractivity contribution in [2.24, 2.45) is 5.73 Å². The number of carboxylic acids is 1. The lowest BCUT2D eigenvalue weighted by Gasteiger charge is -2.11. The summed E-state index contributed by atoms with van der Waals surface area (Å²) in [6, 6.07) is 7.55. The second-order valence-electron chi connectivity index (χ2n) is 2.21. The fourth-order valence-corrected chi connectivity index (χ4v) is 0.796. The van der Waals surface area contributed by atoms with Crippen LogP contribution in [0.15, 0.2) is 30.3 Å². The molecule has 0 aliphatic rings. The number of rotatable bonds is 2. The number of hydrogen-bond acceptors (Lipinski definition) is 3. The predicted octanol–water partition coefficient (Wildman–Crippen LogP) is -0.564. The van der Waals surface area contributed by atoms with Crippen molar-refractivity contribution in [2.75, 3.05) is 0 Å². The van der Waals surface area contributed by atoms with Crippen LogP contribution in [0.5, 0.6) is 0 Å². The van der Waals surface area contributed by atoms with Crippen molar-refractivity contribution in [1.29, 1.82) is 0 Å². The van der Waals surface area contributed by atoms with Gasteiger partial charge in [-0.25, -0.2) is 0 Å². The van der Waals surface area contributed by atoms with E-state index < -0.39 is 12.0 Å². The number of benzene rings is 1. The monoisotopic (exact) mass is 150 g/mol. The summed E-state index contributed by atoms with van der Waals surface area (Å²) >= 11 is 0. The lowest BCUT2D eigenvalue weighted by atomic mass is 10.1. The lowest BCUT2D eigenvalue weighted by molar-refractivity contribution is -0.307. The molecular formula is C8H8NO2-. The maximum absolute atomic E-state index is 10.3. The zero-order chi connectivity index (χ0) is 8.27. The lowest BCUT2D eigenvalue weighted by Crippen LogP contribution is -2.34. The van der Waals surface area contributed by atoms with E-state index in [9.17, 15) is 9.90 Å². The molecule has 0 heterocycles. The van der Waals surface area contributed by atoms with E-state index in [0.29, 0.717) is 5.56 Å². The first kappa shape index (κ1) is 7.75. The van der Waals surface area contributed by atoms with Crippen molar-refractivity contribution in [3.63, 3.8) is 0 Å². The SMILES string of the molecule is N[C@H](C(=O)[O-])c1ccccc1. The third-order valence-electron chi connectivity index (χ3n) is 1.41. The van der Waals surface area contributed by atoms with Crippen molar-refractivity contribution in [2.45, 2.75) is 6.04 Å². The van der Waals surface area contributed by atoms with E-state index in [1.54, 1.807) is 30.3 Å². The maximum Gasteiger partial charge on any atom is 0.0699 e. The molecule has 3 nitrogen and oxygen atoms in total. The van der Waals surface area contributed by atoms with Gasteiger partial charge in [0.05, 0.1) is 12.0 Å². The summed E-state index contributed by atoms with van der Waals surface area (Å²) in [5, 5.41) is 10.3. The molecule has 0 unspecified atom stereocenters. The minimum Gasteiger partial charge on any atom is -0.548 e. The van der Waals surface area contributed by atoms with Crippen LogP contribution in [-0.4, -0.2) is 5.97 Å². The summed E-state index contributed by atoms with van der Waals surface area (Å²) in [5.74, 6) is -1.25. The van der Waals surface area contributed by atoms with Gasteiger partial charge in [0.2, 0.25) is 0 Å². The minimum absolute atomic E-state index is 0.563. The number of carbonyl (C=O) groups is 1. The second-order valence-corrected chi connectivity index (χ2v) is 2.21. The predicted molar refractivity (Wildman–Crippen MR) is 38.4 cm³/mol. The summed E-state index contributed by atoms with van der Waals surface area (Å²) in [4.78, 5) is 10.3. The number of hydrogen-bond donors (Lipinski definition) is 1. The van der Waals surface area contributed by atoms with Crippen molar-refractivity contribution < 1.29 is 9.90 Å². The van der Waals surface area contributed by atoms with Crippen LogP contribution < -0.4 is 10.8 Å². The van der Waals surface area contributed by atoms with Crippen LogP contribution in [0.4, 0.5) is 0 Å². The molecule has 0 amide bonds. The maximum atomic E-state index is 10.3. The molecule has 0 radical (unpaired) electrons. The first-order chi connectivity index (χ1) is 5.22. The van der Waals surface area contributed by atoms with Crippen LogP contribution in [-0.2, 0) is 4.79 Å². The molecule has 0 bridgehead atoms. The van der Waals surface area contributed by atoms with Gasteiger partial charge in [0, 0.05) is 0 Å². The third-order valence-corrected chi connectivity index (χ3v) is 1.41. The van der Waals surface area contributed by atoms with Crippen molar-refractivity contribution >= 4 is 5.97 Å². The average Bonchev–Trinajstić information content (AvgIpc) is 2.05. The first-order valence-electron chi connectivity index (χ1n) is 3.23. The molecule has 11 heavy (non-hydrogen) atoms. The first-order valence-corrected chi connectivity index (χ1v) is 3.23. The van der Waals surface area contributed by atoms with Gasteiger partial charge < -0.3 is 15.6 Å². The molecule has 0 spiro atoms. The van der Waals surface area contributed by atoms with E-state index in [1.807, 2.05) is 0 Å². The summed E-state index contributed by atoms with van der Waals surface area (Å²) in [5.41, 5.74) is 5.84. The standard InChI is InChI=1S/C8H9NO2/c9-7(8(10)11)6-4-2-1-3-5-6/h1-5,7H,9H2,(H,10,11)/p-1/t7-/m0/s1. The van der Waals surface area contributed by atoms with Crippen molar-refractivity contribution in [1.82, 2.24) is 0 Å². The Morgan fingerprint density at radius 1 is 1.36 bits per heavy atom. The highest BCUT2D eigenvalue weighted by Gasteiger charge is 2.03. The van der Waals surface area contributed by atoms with Gasteiger partial charge in [-0.15, -0.1) is 0 Å². The normalized spacial score (nSPS) is 12.5. The van der Waals surface area contributed by atoms with Crippen LogP contribution in [0.3, 0.4) is 0 Å². The molecule has 58 valence electrons. The average molecular weight is 150 g/mol. The molecule has 0 aliphatic heterocycles. The second kappa shape index (κ2) is 3.16. The number of carboxylic acid groups (broad SMARTS) is 1. The van der Waals surface area contributed by atoms with Crippen LogP contribution in [0.2, 0.25) is 0 Å². The van der Waals surface area contributed by atoms with Gasteiger partial charge in [0.15, 0.2) is 0 Å². The third kappa shape index (κ3) is 1.78. The summed E-state index contributed by atoms with van der Waals surface area (Å²) in [6.45, 7) is 0. The van der Waals surface area contributed by atoms with Crippen LogP contribution in [0.1, 0.15) is 11.6 Å². The fraction of sp³-hybridized carbons (Fsp3) is 0.125. The summed E-state index contributed by atoms with van der Waals surface area (Å²) in [7, 11) is 0. The van der Waals surface area contributed by atoms with E-state index in [1.165, 1.54) is 0 Å². The van der Waals surface area contributed by atoms with Crippen LogP contribution in [0, 0.1) is 0 Å². The van der Waals surface area contributed by atoms with Gasteiger partial charge >= 0.3 is 0 Å². The van der Waals surface area contributed by atoms with E-state index in [-0.39, 0.29) is 0 Å². The molecular weight excluding hydrogens is 142 g/mol. The van der Waals surface area contributed by atoms with E-state index in [0.717, 1.165) is 0 Å². The largest absolute Gasteiger partial charge is 0.548 e. The van der Waals surface area contributed by atoms with E-state index >= 15 is 0 Å². The molecule has 0 aliphatic carbocycles. The zero-order valence-corrected chi connectivity index (χ0v) is 5.86. The van der Waals surface area contributed by atoms with Gasteiger partial charge in [0.25, 0.3) is 0 Å². The van der Waals surface area contributed by atoms with Gasteiger partial charge in [-0.1, -0.05) is 30.3 Å². The van der Waals surface area contributed by atoms with Crippen molar-refractivity contribution in [3.8, 4) is 0 Å². The summed E-state index contributed by atoms with van der Waals surface area (Å²) < 4.78 is 0. The Bertz CT molecular complexity index is 246. The molecule has 1 aromatic rings. The van der Waals surface area contributed by atoms with Gasteiger partial charge in [-0.3, -0.25) is 0 Å². The number of nitrogens with two attached hydrogens (primary N) is 1. The Balaban J connectivity index is 2.85. The fourth-order valence-electron chi connectivity index (χ4n) is 0.796. The van der Waals surface area contributed by atoms with E-state index in [4.69, 9.17) is 5.73 Å². The van der Waals surface area contributed by atoms with Gasteiger partial charge in [0.1, 0.15) is 0 Å². The zero-order valence-electron chi connectivity index (χ0n) is 5.86. The highest BCUT2D eigenvalue weighted by molar-refractivity contribution is 5.72. The molecule has 1 atom stereocenters. The topological polar surface area (TPSA) is 66.2 Å². The van der Waals surface area contributed by atoms with E-state index in [2.05, 4.69) is 0 Å². The Labute approximate surface area is 64.5 Å². The van der Waals surface area contributed by atoms with Crippen LogP contribution in [0.25, 0.3) is 0 Å². The molecule has 0 saturated heterocycles. The number of aliphatic carboxylic acids is 1. The molecule has 0 saturated carbocycles. The highest BCUT2D eigenvalue weighted by atomic mass is 16.4. The Hall–Kier alpha value is -1.35. The molecule has 3 heteroatoms. The molecule has 1 rings (SSSR count). The molecule has 1 aromatic carbocycles. The van der Waals surface area contributed by atoms with Gasteiger partial charge in [-0.2, -0.15) is 0 Å².